The Morgan fingerprint density at radius 1 is 0.938 bits per heavy atom. The molecule has 0 aromatic heterocycles. The first-order valence-electron chi connectivity index (χ1n) is 7.49. The molecule has 0 amide bonds. The van der Waals surface area contributed by atoms with Gasteiger partial charge in [-0.2, -0.15) is 0 Å². The summed E-state index contributed by atoms with van der Waals surface area (Å²) >= 11 is 0. The Labute approximate surface area is 99.4 Å². The minimum absolute atomic E-state index is 0.720. The molecule has 1 heteroatoms. The maximum atomic E-state index is 3.91. The smallest absolute Gasteiger partial charge is 0.00980 e. The normalized spacial score (nSPS) is 51.9. The third kappa shape index (κ3) is 1.47. The summed E-state index contributed by atoms with van der Waals surface area (Å²) in [6, 6.07) is 1.69. The summed E-state index contributed by atoms with van der Waals surface area (Å²) in [4.78, 5) is 0. The van der Waals surface area contributed by atoms with Gasteiger partial charge in [0.2, 0.25) is 0 Å². The van der Waals surface area contributed by atoms with Crippen LogP contribution in [0.5, 0.6) is 0 Å². The van der Waals surface area contributed by atoms with Crippen molar-refractivity contribution in [1.29, 1.82) is 0 Å². The highest BCUT2D eigenvalue weighted by atomic mass is 15.0. The zero-order chi connectivity index (χ0) is 10.8. The third-order valence-electron chi connectivity index (χ3n) is 6.07. The molecule has 1 N–H and O–H groups in total. The Hall–Kier alpha value is -0.0400. The molecule has 0 radical (unpaired) electrons. The minimum atomic E-state index is 0.720. The van der Waals surface area contributed by atoms with E-state index in [0.29, 0.717) is 0 Å². The molecule has 4 bridgehead atoms. The molecule has 0 spiro atoms. The molecule has 5 fully saturated rings. The summed E-state index contributed by atoms with van der Waals surface area (Å²) in [5.74, 6) is 3.32. The largest absolute Gasteiger partial charge is 0.311 e. The summed E-state index contributed by atoms with van der Waals surface area (Å²) in [6.45, 7) is 2.49. The Morgan fingerprint density at radius 2 is 1.44 bits per heavy atom. The van der Waals surface area contributed by atoms with Gasteiger partial charge in [0, 0.05) is 12.1 Å². The summed E-state index contributed by atoms with van der Waals surface area (Å²) in [7, 11) is 0. The van der Waals surface area contributed by atoms with E-state index in [1.165, 1.54) is 12.8 Å². The highest BCUT2D eigenvalue weighted by Gasteiger charge is 2.53. The summed E-state index contributed by atoms with van der Waals surface area (Å²) in [6.07, 6.45) is 12.3. The van der Waals surface area contributed by atoms with Crippen molar-refractivity contribution in [2.45, 2.75) is 70.4 Å². The zero-order valence-electron chi connectivity index (χ0n) is 10.5. The molecule has 16 heavy (non-hydrogen) atoms. The molecule has 5 saturated carbocycles. The lowest BCUT2D eigenvalue weighted by Crippen LogP contribution is -2.55. The number of nitrogens with one attached hydrogen (secondary N) is 1. The molecule has 0 aromatic rings. The summed E-state index contributed by atoms with van der Waals surface area (Å²) in [5, 5.41) is 3.91. The second-order valence-electron chi connectivity index (χ2n) is 7.44. The van der Waals surface area contributed by atoms with E-state index in [1.807, 2.05) is 0 Å². The molecule has 0 aromatic carbocycles. The minimum Gasteiger partial charge on any atom is -0.311 e. The highest BCUT2D eigenvalue weighted by molar-refractivity contribution is 5.06. The van der Waals surface area contributed by atoms with Crippen molar-refractivity contribution in [3.05, 3.63) is 0 Å². The van der Waals surface area contributed by atoms with Crippen LogP contribution in [0.25, 0.3) is 0 Å². The van der Waals surface area contributed by atoms with Gasteiger partial charge in [-0.05, 0) is 81.5 Å². The van der Waals surface area contributed by atoms with E-state index in [0.717, 1.165) is 35.3 Å². The lowest BCUT2D eigenvalue weighted by Gasteiger charge is -2.59. The zero-order valence-corrected chi connectivity index (χ0v) is 10.5. The van der Waals surface area contributed by atoms with Gasteiger partial charge in [-0.3, -0.25) is 0 Å². The van der Waals surface area contributed by atoms with Crippen molar-refractivity contribution in [1.82, 2.24) is 5.32 Å². The molecule has 1 nitrogen and oxygen atoms in total. The predicted octanol–water partition coefficient (Wildman–Crippen LogP) is 3.34. The SMILES string of the molecule is CC(NC1CC1)C12CC3CC(CC(C3)C1)C2. The van der Waals surface area contributed by atoms with Crippen LogP contribution in [0, 0.1) is 23.2 Å². The van der Waals surface area contributed by atoms with Crippen molar-refractivity contribution < 1.29 is 0 Å². The van der Waals surface area contributed by atoms with Gasteiger partial charge in [0.15, 0.2) is 0 Å². The molecular weight excluding hydrogens is 194 g/mol. The van der Waals surface area contributed by atoms with Crippen LogP contribution in [0.3, 0.4) is 0 Å². The molecule has 1 unspecified atom stereocenters. The van der Waals surface area contributed by atoms with Crippen LogP contribution >= 0.6 is 0 Å². The Morgan fingerprint density at radius 3 is 1.88 bits per heavy atom. The van der Waals surface area contributed by atoms with E-state index < -0.39 is 0 Å². The molecule has 0 saturated heterocycles. The van der Waals surface area contributed by atoms with Gasteiger partial charge >= 0.3 is 0 Å². The third-order valence-corrected chi connectivity index (χ3v) is 6.07. The Balaban J connectivity index is 1.55. The lowest BCUT2D eigenvalue weighted by atomic mass is 9.48. The monoisotopic (exact) mass is 219 g/mol. The van der Waals surface area contributed by atoms with Gasteiger partial charge < -0.3 is 5.32 Å². The molecule has 90 valence electrons. The van der Waals surface area contributed by atoms with E-state index in [-0.39, 0.29) is 0 Å². The fourth-order valence-corrected chi connectivity index (χ4v) is 5.49. The van der Waals surface area contributed by atoms with Crippen molar-refractivity contribution >= 4 is 0 Å². The second kappa shape index (κ2) is 3.25. The molecule has 5 aliphatic rings. The fourth-order valence-electron chi connectivity index (χ4n) is 5.49. The van der Waals surface area contributed by atoms with Crippen LogP contribution in [-0.4, -0.2) is 12.1 Å². The van der Waals surface area contributed by atoms with Gasteiger partial charge in [-0.1, -0.05) is 0 Å². The fraction of sp³-hybridized carbons (Fsp3) is 1.00. The lowest BCUT2D eigenvalue weighted by molar-refractivity contribution is -0.0706. The summed E-state index contributed by atoms with van der Waals surface area (Å²) in [5.41, 5.74) is 0.720. The highest BCUT2D eigenvalue weighted by Crippen LogP contribution is 2.61. The van der Waals surface area contributed by atoms with Crippen LogP contribution in [-0.2, 0) is 0 Å². The van der Waals surface area contributed by atoms with E-state index in [4.69, 9.17) is 0 Å². The van der Waals surface area contributed by atoms with Gasteiger partial charge in [0.25, 0.3) is 0 Å². The van der Waals surface area contributed by atoms with Gasteiger partial charge in [-0.25, -0.2) is 0 Å². The molecule has 0 aliphatic heterocycles. The van der Waals surface area contributed by atoms with Crippen LogP contribution in [0.15, 0.2) is 0 Å². The average molecular weight is 219 g/mol. The van der Waals surface area contributed by atoms with E-state index in [2.05, 4.69) is 12.2 Å². The van der Waals surface area contributed by atoms with Gasteiger partial charge in [-0.15, -0.1) is 0 Å². The standard InChI is InChI=1S/C15H25N/c1-10(16-14-2-3-14)15-7-11-4-12(8-15)6-13(5-11)9-15/h10-14,16H,2-9H2,1H3. The first-order valence-corrected chi connectivity index (χ1v) is 7.49. The molecule has 1 atom stereocenters. The number of hydrogen-bond acceptors (Lipinski definition) is 1. The first kappa shape index (κ1) is 9.94. The number of hydrogen-bond donors (Lipinski definition) is 1. The number of rotatable bonds is 3. The predicted molar refractivity (Wildman–Crippen MR) is 66.2 cm³/mol. The van der Waals surface area contributed by atoms with Crippen LogP contribution in [0.1, 0.15) is 58.3 Å². The maximum Gasteiger partial charge on any atom is 0.00980 e. The average Bonchev–Trinajstić information content (AvgIpc) is 2.99. The van der Waals surface area contributed by atoms with Crippen LogP contribution < -0.4 is 5.32 Å². The Kier molecular flexibility index (Phi) is 2.02. The van der Waals surface area contributed by atoms with Crippen LogP contribution in [0.2, 0.25) is 0 Å². The van der Waals surface area contributed by atoms with Crippen LogP contribution in [0.4, 0.5) is 0 Å². The summed E-state index contributed by atoms with van der Waals surface area (Å²) < 4.78 is 0. The molecule has 0 heterocycles. The molecule has 5 rings (SSSR count). The van der Waals surface area contributed by atoms with Gasteiger partial charge in [0.05, 0.1) is 0 Å². The van der Waals surface area contributed by atoms with Crippen molar-refractivity contribution in [2.75, 3.05) is 0 Å². The van der Waals surface area contributed by atoms with Gasteiger partial charge in [0.1, 0.15) is 0 Å². The first-order chi connectivity index (χ1) is 7.73. The maximum absolute atomic E-state index is 3.91. The van der Waals surface area contributed by atoms with Crippen molar-refractivity contribution in [2.24, 2.45) is 23.2 Å². The van der Waals surface area contributed by atoms with Crippen molar-refractivity contribution in [3.63, 3.8) is 0 Å². The Bertz CT molecular complexity index is 257. The topological polar surface area (TPSA) is 12.0 Å². The van der Waals surface area contributed by atoms with E-state index >= 15 is 0 Å². The van der Waals surface area contributed by atoms with E-state index in [1.54, 1.807) is 38.5 Å². The quantitative estimate of drug-likeness (QED) is 0.767. The van der Waals surface area contributed by atoms with Crippen molar-refractivity contribution in [3.8, 4) is 0 Å². The molecular formula is C15H25N. The molecule has 5 aliphatic carbocycles. The second-order valence-corrected chi connectivity index (χ2v) is 7.44. The van der Waals surface area contributed by atoms with E-state index in [9.17, 15) is 0 Å².